The maximum atomic E-state index is 10.9. The Hall–Kier alpha value is 0.0300. The van der Waals surface area contributed by atoms with E-state index in [1.807, 2.05) is 0 Å². The molecule has 3 N–H and O–H groups in total. The predicted molar refractivity (Wildman–Crippen MR) is 179 cm³/mol. The molecule has 0 aliphatic rings. The molecule has 0 fully saturated rings. The number of hydrogen-bond donors (Lipinski definition) is 3. The van der Waals surface area contributed by atoms with Gasteiger partial charge in [-0.25, -0.2) is 16.8 Å². The molecule has 12 nitrogen and oxygen atoms in total. The zero-order valence-electron chi connectivity index (χ0n) is 30.3. The maximum Gasteiger partial charge on any atom is 1.00 e. The Morgan fingerprint density at radius 1 is 0.612 bits per heavy atom. The summed E-state index contributed by atoms with van der Waals surface area (Å²) < 4.78 is 73.9. The van der Waals surface area contributed by atoms with Crippen molar-refractivity contribution in [1.29, 1.82) is 0 Å². The van der Waals surface area contributed by atoms with Crippen LogP contribution in [0.5, 0.6) is 11.5 Å². The summed E-state index contributed by atoms with van der Waals surface area (Å²) in [6.45, 7) is 3.29. The normalized spacial score (nSPS) is 12.4. The van der Waals surface area contributed by atoms with Crippen LogP contribution in [-0.4, -0.2) is 59.4 Å². The number of rotatable bonds is 28. The van der Waals surface area contributed by atoms with Crippen molar-refractivity contribution in [3.63, 3.8) is 0 Å². The Kier molecular flexibility index (Phi) is 35.6. The molecular weight excluding hydrogens is 698 g/mol. The summed E-state index contributed by atoms with van der Waals surface area (Å²) in [4.78, 5) is 9.00. The summed E-state index contributed by atoms with van der Waals surface area (Å²) in [5.74, 6) is -1.64. The topological polar surface area (TPSA) is 211 Å². The van der Waals surface area contributed by atoms with Gasteiger partial charge in [0.1, 0.15) is 11.5 Å². The quantitative estimate of drug-likeness (QED) is 0.0472. The first kappa shape index (κ1) is 53.4. The minimum Gasteiger partial charge on any atom is -0.716 e. The summed E-state index contributed by atoms with van der Waals surface area (Å²) >= 11 is 0. The number of aryl methyl sites for hydroxylation is 1. The van der Waals surface area contributed by atoms with Crippen LogP contribution >= 0.6 is 0 Å². The Balaban J connectivity index is -0.00000333. The van der Waals surface area contributed by atoms with Crippen LogP contribution in [0.1, 0.15) is 154 Å². The summed E-state index contributed by atoms with van der Waals surface area (Å²) in [6, 6.07) is 3.49. The van der Waals surface area contributed by atoms with Gasteiger partial charge in [-0.15, -0.1) is 0 Å². The minimum atomic E-state index is -5.06. The number of benzene rings is 1. The van der Waals surface area contributed by atoms with Crippen LogP contribution in [0.2, 0.25) is 0 Å². The first-order valence-electron chi connectivity index (χ1n) is 17.1. The summed E-state index contributed by atoms with van der Waals surface area (Å²) in [5.41, 5.74) is 0.497. The van der Waals surface area contributed by atoms with E-state index in [-0.39, 0.29) is 59.1 Å². The van der Waals surface area contributed by atoms with Gasteiger partial charge < -0.3 is 32.8 Å². The molecule has 0 heterocycles. The fourth-order valence-corrected chi connectivity index (χ4v) is 5.92. The van der Waals surface area contributed by atoms with E-state index in [2.05, 4.69) is 15.3 Å². The second-order valence-corrected chi connectivity index (χ2v) is 14.1. The molecule has 49 heavy (non-hydrogen) atoms. The van der Waals surface area contributed by atoms with Crippen molar-refractivity contribution >= 4 is 26.8 Å². The van der Waals surface area contributed by atoms with Crippen LogP contribution in [0, 0.1) is 0 Å². The first-order valence-corrected chi connectivity index (χ1v) is 19.8. The zero-order valence-corrected chi connectivity index (χ0v) is 35.9. The molecule has 1 rings (SSSR count). The van der Waals surface area contributed by atoms with E-state index >= 15 is 0 Å². The smallest absolute Gasteiger partial charge is 0.716 e. The van der Waals surface area contributed by atoms with Gasteiger partial charge in [-0.2, -0.15) is 0 Å². The van der Waals surface area contributed by atoms with E-state index in [9.17, 15) is 36.2 Å². The second kappa shape index (κ2) is 32.7. The van der Waals surface area contributed by atoms with Gasteiger partial charge in [0.2, 0.25) is 0 Å². The Labute approximate surface area is 340 Å². The molecule has 276 valence electrons. The summed E-state index contributed by atoms with van der Waals surface area (Å²) in [5, 5.41) is 27.7. The zero-order chi connectivity index (χ0) is 35.6. The largest absolute Gasteiger partial charge is 1.00 e. The van der Waals surface area contributed by atoms with Crippen LogP contribution in [-0.2, 0) is 32.0 Å². The third-order valence-corrected chi connectivity index (χ3v) is 8.39. The molecule has 1 aromatic carbocycles. The van der Waals surface area contributed by atoms with Crippen LogP contribution in [0.4, 0.5) is 0 Å². The molecule has 2 unspecified atom stereocenters. The molecule has 0 aliphatic carbocycles. The predicted octanol–water partition coefficient (Wildman–Crippen LogP) is 0.940. The average molecular weight is 757 g/mol. The second-order valence-electron chi connectivity index (χ2n) is 12.1. The van der Waals surface area contributed by atoms with Crippen molar-refractivity contribution < 1.29 is 114 Å². The number of carboxylic acids is 1. The molecule has 1 aromatic rings. The number of hydrogen-bond acceptors (Lipinski definition) is 11. The third kappa shape index (κ3) is 37.6. The monoisotopic (exact) mass is 756 g/mol. The van der Waals surface area contributed by atoms with Gasteiger partial charge in [0.05, 0.1) is 12.2 Å². The fourth-order valence-electron chi connectivity index (χ4n) is 5.25. The van der Waals surface area contributed by atoms with Gasteiger partial charge >= 0.3 is 59.1 Å². The third-order valence-electron chi connectivity index (χ3n) is 7.60. The Morgan fingerprint density at radius 2 is 0.898 bits per heavy atom. The molecular formula is C33H58Na2O12S2. The van der Waals surface area contributed by atoms with E-state index in [0.29, 0.717) is 24.8 Å². The Morgan fingerprint density at radius 3 is 1.20 bits per heavy atom. The standard InChI is InChI=1S/C31H56O10S2.C2H4O2.2Na/c1-2-3-4-5-16-19-22-30(32)31(33)23-20-17-14-12-10-8-6-7-9-11-13-15-18-21-27-24-28(40-42(34,35)36)26-29(25-27)41-43(37,38)39;1-2(3)4;;/h24-26,30-33H,2-23H2,1H3,(H,34,35,36)(H,37,38,39);1H3,(H,3,4);;/q;;2*+1/p-2. The Bertz CT molecular complexity index is 1110. The number of aliphatic hydroxyl groups is 2. The maximum absolute atomic E-state index is 10.9. The number of carboxylic acid groups (broad SMARTS) is 1. The van der Waals surface area contributed by atoms with Crippen molar-refractivity contribution in [2.24, 2.45) is 0 Å². The van der Waals surface area contributed by atoms with Crippen molar-refractivity contribution in [3.8, 4) is 11.5 Å². The van der Waals surface area contributed by atoms with E-state index in [1.54, 1.807) is 0 Å². The average Bonchev–Trinajstić information content (AvgIpc) is 2.94. The first-order chi connectivity index (χ1) is 22.1. The number of unbranched alkanes of at least 4 members (excludes halogenated alkanes) is 17. The fraction of sp³-hybridized carbons (Fsp3) is 0.788. The van der Waals surface area contributed by atoms with Gasteiger partial charge in [0.15, 0.2) is 0 Å². The van der Waals surface area contributed by atoms with Crippen LogP contribution in [0.15, 0.2) is 18.2 Å². The molecule has 16 heteroatoms. The molecule has 2 atom stereocenters. The van der Waals surface area contributed by atoms with Crippen LogP contribution < -0.4 is 67.5 Å². The number of aliphatic carboxylic acids is 1. The van der Waals surface area contributed by atoms with Crippen molar-refractivity contribution in [2.75, 3.05) is 0 Å². The molecule has 0 amide bonds. The van der Waals surface area contributed by atoms with E-state index in [1.165, 1.54) is 76.3 Å². The number of aliphatic hydroxyl groups excluding tert-OH is 2. The molecule has 0 radical (unpaired) electrons. The van der Waals surface area contributed by atoms with E-state index in [0.717, 1.165) is 70.8 Å². The van der Waals surface area contributed by atoms with Gasteiger partial charge in [-0.05, 0) is 43.4 Å². The molecule has 0 saturated carbocycles. The van der Waals surface area contributed by atoms with Crippen molar-refractivity contribution in [3.05, 3.63) is 23.8 Å². The van der Waals surface area contributed by atoms with Crippen LogP contribution in [0.25, 0.3) is 0 Å². The van der Waals surface area contributed by atoms with E-state index in [4.69, 9.17) is 9.90 Å². The number of carbonyl (C=O) groups is 1. The van der Waals surface area contributed by atoms with Crippen LogP contribution in [0.3, 0.4) is 0 Å². The minimum absolute atomic E-state index is 0. The molecule has 0 aromatic heterocycles. The van der Waals surface area contributed by atoms with Crippen molar-refractivity contribution in [1.82, 2.24) is 0 Å². The molecule has 0 saturated heterocycles. The summed E-state index contributed by atoms with van der Waals surface area (Å²) in [7, 11) is -10.1. The summed E-state index contributed by atoms with van der Waals surface area (Å²) in [6.07, 6.45) is 22.1. The van der Waals surface area contributed by atoms with Gasteiger partial charge in [-0.1, -0.05) is 122 Å². The SMILES string of the molecule is CC(=O)O.CCCCCCCCC(O)C(O)CCCCCCCCCCCCCCCc1cc(OS(=O)(=O)[O-])cc(OS(=O)(=O)[O-])c1.[Na+].[Na+]. The molecule has 0 aliphatic heterocycles. The molecule has 0 bridgehead atoms. The molecule has 0 spiro atoms. The van der Waals surface area contributed by atoms with Crippen molar-refractivity contribution in [2.45, 2.75) is 167 Å². The van der Waals surface area contributed by atoms with Gasteiger partial charge in [-0.3, -0.25) is 4.79 Å². The van der Waals surface area contributed by atoms with Gasteiger partial charge in [0.25, 0.3) is 26.8 Å². The van der Waals surface area contributed by atoms with Gasteiger partial charge in [0, 0.05) is 13.0 Å². The van der Waals surface area contributed by atoms with E-state index < -0.39 is 50.5 Å².